The first-order valence-electron chi connectivity index (χ1n) is 6.62. The summed E-state index contributed by atoms with van der Waals surface area (Å²) in [7, 11) is 0. The number of nitrogens with one attached hydrogen (secondary N) is 2. The Labute approximate surface area is 118 Å². The van der Waals surface area contributed by atoms with Crippen molar-refractivity contribution in [3.8, 4) is 0 Å². The van der Waals surface area contributed by atoms with E-state index in [0.717, 1.165) is 31.7 Å². The van der Waals surface area contributed by atoms with Crippen LogP contribution in [0.5, 0.6) is 0 Å². The molecule has 1 saturated heterocycles. The molecule has 0 bridgehead atoms. The minimum Gasteiger partial charge on any atom is -0.377 e. The lowest BCUT2D eigenvalue weighted by atomic mass is 10.2. The van der Waals surface area contributed by atoms with Crippen LogP contribution in [0.1, 0.15) is 19.3 Å². The van der Waals surface area contributed by atoms with E-state index < -0.39 is 0 Å². The van der Waals surface area contributed by atoms with Crippen molar-refractivity contribution in [1.29, 1.82) is 0 Å². The van der Waals surface area contributed by atoms with Crippen LogP contribution in [0.15, 0.2) is 24.3 Å². The number of anilines is 1. The van der Waals surface area contributed by atoms with Gasteiger partial charge in [-0.1, -0.05) is 11.6 Å². The van der Waals surface area contributed by atoms with E-state index in [-0.39, 0.29) is 5.91 Å². The summed E-state index contributed by atoms with van der Waals surface area (Å²) in [4.78, 5) is 11.7. The topological polar surface area (TPSA) is 50.4 Å². The maximum atomic E-state index is 11.7. The molecule has 0 aliphatic carbocycles. The van der Waals surface area contributed by atoms with Gasteiger partial charge in [0, 0.05) is 36.8 Å². The molecule has 0 saturated carbocycles. The fourth-order valence-corrected chi connectivity index (χ4v) is 2.15. The molecule has 1 amide bonds. The number of hydrogen-bond acceptors (Lipinski definition) is 3. The summed E-state index contributed by atoms with van der Waals surface area (Å²) >= 11 is 5.78. The maximum Gasteiger partial charge on any atom is 0.225 e. The van der Waals surface area contributed by atoms with Gasteiger partial charge in [0.15, 0.2) is 0 Å². The van der Waals surface area contributed by atoms with E-state index >= 15 is 0 Å². The van der Waals surface area contributed by atoms with Gasteiger partial charge in [-0.25, -0.2) is 0 Å². The monoisotopic (exact) mass is 282 g/mol. The molecule has 0 spiro atoms. The third-order valence-electron chi connectivity index (χ3n) is 3.05. The van der Waals surface area contributed by atoms with Crippen LogP contribution < -0.4 is 10.6 Å². The number of rotatable bonds is 6. The summed E-state index contributed by atoms with van der Waals surface area (Å²) in [6.45, 7) is 2.36. The predicted octanol–water partition coefficient (Wildman–Crippen LogP) is 2.44. The molecule has 0 radical (unpaired) electrons. The molecule has 2 N–H and O–H groups in total. The van der Waals surface area contributed by atoms with Crippen molar-refractivity contribution >= 4 is 23.2 Å². The number of carbonyl (C=O) groups is 1. The van der Waals surface area contributed by atoms with E-state index in [1.54, 1.807) is 24.3 Å². The Hall–Kier alpha value is -1.10. The quantitative estimate of drug-likeness (QED) is 0.788. The molecule has 5 heteroatoms. The molecule has 104 valence electrons. The van der Waals surface area contributed by atoms with Gasteiger partial charge in [-0.15, -0.1) is 0 Å². The molecular weight excluding hydrogens is 264 g/mol. The number of halogens is 1. The zero-order valence-corrected chi connectivity index (χ0v) is 11.6. The Bertz CT molecular complexity index is 402. The van der Waals surface area contributed by atoms with Gasteiger partial charge in [0.05, 0.1) is 6.10 Å². The van der Waals surface area contributed by atoms with Crippen molar-refractivity contribution in [2.75, 3.05) is 25.0 Å². The summed E-state index contributed by atoms with van der Waals surface area (Å²) in [6.07, 6.45) is 3.03. The highest BCUT2D eigenvalue weighted by molar-refractivity contribution is 6.30. The van der Waals surface area contributed by atoms with Gasteiger partial charge in [-0.2, -0.15) is 0 Å². The molecule has 1 aliphatic rings. The van der Waals surface area contributed by atoms with Crippen molar-refractivity contribution in [1.82, 2.24) is 5.32 Å². The van der Waals surface area contributed by atoms with Crippen molar-refractivity contribution in [3.05, 3.63) is 29.3 Å². The van der Waals surface area contributed by atoms with Crippen LogP contribution in [0.4, 0.5) is 5.69 Å². The minimum atomic E-state index is 0.00200. The largest absolute Gasteiger partial charge is 0.377 e. The number of amides is 1. The van der Waals surface area contributed by atoms with Gasteiger partial charge in [-0.05, 0) is 37.1 Å². The van der Waals surface area contributed by atoms with Crippen molar-refractivity contribution < 1.29 is 9.53 Å². The van der Waals surface area contributed by atoms with Crippen LogP contribution in [-0.4, -0.2) is 31.7 Å². The summed E-state index contributed by atoms with van der Waals surface area (Å²) in [5.41, 5.74) is 0.772. The second-order valence-electron chi connectivity index (χ2n) is 4.64. The molecule has 4 nitrogen and oxygen atoms in total. The number of carbonyl (C=O) groups excluding carboxylic acids is 1. The van der Waals surface area contributed by atoms with Crippen LogP contribution in [-0.2, 0) is 9.53 Å². The van der Waals surface area contributed by atoms with E-state index in [4.69, 9.17) is 16.3 Å². The Morgan fingerprint density at radius 3 is 2.84 bits per heavy atom. The fourth-order valence-electron chi connectivity index (χ4n) is 2.03. The van der Waals surface area contributed by atoms with Crippen molar-refractivity contribution in [2.24, 2.45) is 0 Å². The fraction of sp³-hybridized carbons (Fsp3) is 0.500. The van der Waals surface area contributed by atoms with Crippen molar-refractivity contribution in [2.45, 2.75) is 25.4 Å². The maximum absolute atomic E-state index is 11.7. The number of ether oxygens (including phenoxy) is 1. The molecule has 1 aromatic rings. The molecule has 0 aromatic heterocycles. The molecule has 2 rings (SSSR count). The lowest BCUT2D eigenvalue weighted by molar-refractivity contribution is -0.116. The molecule has 1 unspecified atom stereocenters. The van der Waals surface area contributed by atoms with Crippen LogP contribution in [0.25, 0.3) is 0 Å². The second-order valence-corrected chi connectivity index (χ2v) is 5.08. The molecule has 1 fully saturated rings. The molecule has 1 atom stereocenters. The molecule has 19 heavy (non-hydrogen) atoms. The van der Waals surface area contributed by atoms with Gasteiger partial charge in [0.1, 0.15) is 0 Å². The van der Waals surface area contributed by atoms with Crippen LogP contribution in [0.2, 0.25) is 5.02 Å². The number of benzene rings is 1. The van der Waals surface area contributed by atoms with Crippen LogP contribution in [0, 0.1) is 0 Å². The highest BCUT2D eigenvalue weighted by Gasteiger charge is 2.14. The zero-order valence-electron chi connectivity index (χ0n) is 10.8. The predicted molar refractivity (Wildman–Crippen MR) is 76.5 cm³/mol. The van der Waals surface area contributed by atoms with E-state index in [0.29, 0.717) is 24.1 Å². The summed E-state index contributed by atoms with van der Waals surface area (Å²) in [5, 5.41) is 6.74. The van der Waals surface area contributed by atoms with E-state index in [1.165, 1.54) is 0 Å². The average Bonchev–Trinajstić information content (AvgIpc) is 2.91. The smallest absolute Gasteiger partial charge is 0.225 e. The van der Waals surface area contributed by atoms with Gasteiger partial charge in [-0.3, -0.25) is 4.79 Å². The summed E-state index contributed by atoms with van der Waals surface area (Å²) < 4.78 is 5.49. The van der Waals surface area contributed by atoms with Gasteiger partial charge >= 0.3 is 0 Å². The molecule has 1 aromatic carbocycles. The zero-order chi connectivity index (χ0) is 13.5. The van der Waals surface area contributed by atoms with Gasteiger partial charge < -0.3 is 15.4 Å². The summed E-state index contributed by atoms with van der Waals surface area (Å²) in [6, 6.07) is 7.10. The second kappa shape index (κ2) is 7.48. The highest BCUT2D eigenvalue weighted by Crippen LogP contribution is 2.13. The van der Waals surface area contributed by atoms with Gasteiger partial charge in [0.2, 0.25) is 5.91 Å². The Balaban J connectivity index is 1.60. The number of hydrogen-bond donors (Lipinski definition) is 2. The first-order chi connectivity index (χ1) is 9.24. The van der Waals surface area contributed by atoms with Crippen molar-refractivity contribution in [3.63, 3.8) is 0 Å². The SMILES string of the molecule is O=C(CCNCC1CCCO1)Nc1ccc(Cl)cc1. The lowest BCUT2D eigenvalue weighted by Crippen LogP contribution is -2.29. The highest BCUT2D eigenvalue weighted by atomic mass is 35.5. The first-order valence-corrected chi connectivity index (χ1v) is 6.99. The average molecular weight is 283 g/mol. The third kappa shape index (κ3) is 5.19. The normalized spacial score (nSPS) is 18.5. The molecule has 1 heterocycles. The Morgan fingerprint density at radius 2 is 2.16 bits per heavy atom. The van der Waals surface area contributed by atoms with E-state index in [2.05, 4.69) is 10.6 Å². The minimum absolute atomic E-state index is 0.00200. The standard InChI is InChI=1S/C14H19ClN2O2/c15-11-3-5-12(6-4-11)17-14(18)7-8-16-10-13-2-1-9-19-13/h3-6,13,16H,1-2,7-10H2,(H,17,18). The van der Waals surface area contributed by atoms with Crippen LogP contribution >= 0.6 is 11.6 Å². The van der Waals surface area contributed by atoms with Gasteiger partial charge in [0.25, 0.3) is 0 Å². The van der Waals surface area contributed by atoms with E-state index in [1.807, 2.05) is 0 Å². The molecular formula is C14H19ClN2O2. The van der Waals surface area contributed by atoms with Crippen LogP contribution in [0.3, 0.4) is 0 Å². The Kier molecular flexibility index (Phi) is 5.63. The summed E-state index contributed by atoms with van der Waals surface area (Å²) in [5.74, 6) is 0.00200. The van der Waals surface area contributed by atoms with E-state index in [9.17, 15) is 4.79 Å². The lowest BCUT2D eigenvalue weighted by Gasteiger charge is -2.10. The molecule has 1 aliphatic heterocycles. The Morgan fingerprint density at radius 1 is 1.37 bits per heavy atom. The third-order valence-corrected chi connectivity index (χ3v) is 3.30. The first kappa shape index (κ1) is 14.3.